The molecule has 1 heterocycles. The van der Waals surface area contributed by atoms with E-state index in [9.17, 15) is 0 Å². The first-order chi connectivity index (χ1) is 3.93. The van der Waals surface area contributed by atoms with Crippen LogP contribution >= 0.6 is 0 Å². The second-order valence-electron chi connectivity index (χ2n) is 2.28. The van der Waals surface area contributed by atoms with Gasteiger partial charge in [-0.15, -0.1) is 0 Å². The zero-order valence-electron chi connectivity index (χ0n) is 5.23. The molecule has 1 aliphatic rings. The van der Waals surface area contributed by atoms with Gasteiger partial charge in [-0.05, 0) is 19.3 Å². The lowest BCUT2D eigenvalue weighted by atomic mass is 10.1. The summed E-state index contributed by atoms with van der Waals surface area (Å²) in [5, 5.41) is 0. The molecule has 0 saturated carbocycles. The maximum atomic E-state index is 5.36. The summed E-state index contributed by atoms with van der Waals surface area (Å²) in [5.74, 6) is 0. The third-order valence-electron chi connectivity index (χ3n) is 1.60. The summed E-state index contributed by atoms with van der Waals surface area (Å²) in [6, 6.07) is 0. The topological polar surface area (TPSA) is 9.23 Å². The fourth-order valence-corrected chi connectivity index (χ4v) is 1.04. The van der Waals surface area contributed by atoms with Crippen molar-refractivity contribution in [3.05, 3.63) is 6.92 Å². The lowest BCUT2D eigenvalue weighted by molar-refractivity contribution is 0.0180. The van der Waals surface area contributed by atoms with Gasteiger partial charge < -0.3 is 11.7 Å². The van der Waals surface area contributed by atoms with E-state index < -0.39 is 0 Å². The Bertz CT molecular complexity index is 55.4. The molecule has 0 aromatic rings. The van der Waals surface area contributed by atoms with Crippen LogP contribution < -0.4 is 0 Å². The molecule has 1 nitrogen and oxygen atoms in total. The largest absolute Gasteiger partial charge is 0.381 e. The van der Waals surface area contributed by atoms with E-state index in [0.29, 0.717) is 6.10 Å². The van der Waals surface area contributed by atoms with E-state index in [4.69, 9.17) is 4.74 Å². The molecule has 1 rings (SSSR count). The average Bonchev–Trinajstić information content (AvgIpc) is 1.90. The minimum atomic E-state index is 0.476. The molecule has 48 valence electrons. The van der Waals surface area contributed by atoms with E-state index in [0.717, 1.165) is 13.0 Å². The first kappa shape index (κ1) is 6.09. The van der Waals surface area contributed by atoms with Crippen LogP contribution in [0.25, 0.3) is 0 Å². The molecule has 0 aliphatic carbocycles. The number of ether oxygens (including phenoxy) is 1. The molecule has 0 spiro atoms. The van der Waals surface area contributed by atoms with Gasteiger partial charge in [-0.2, -0.15) is 6.42 Å². The molecule has 0 aromatic carbocycles. The maximum absolute atomic E-state index is 5.36. The maximum Gasteiger partial charge on any atom is 0.0468 e. The minimum absolute atomic E-state index is 0.476. The summed E-state index contributed by atoms with van der Waals surface area (Å²) in [4.78, 5) is 0. The van der Waals surface area contributed by atoms with Crippen molar-refractivity contribution in [1.82, 2.24) is 0 Å². The Morgan fingerprint density at radius 3 is 2.75 bits per heavy atom. The molecule has 1 atom stereocenters. The molecule has 1 unspecified atom stereocenters. The second-order valence-corrected chi connectivity index (χ2v) is 2.28. The van der Waals surface area contributed by atoms with Gasteiger partial charge in [0.1, 0.15) is 0 Å². The van der Waals surface area contributed by atoms with Gasteiger partial charge in [-0.1, -0.05) is 0 Å². The highest BCUT2D eigenvalue weighted by atomic mass is 16.5. The molecular weight excluding hydrogens is 100 g/mol. The standard InChI is InChI=1S/C7H13O/c1-2-7-5-3-4-6-8-7/h7H,1-6H2/q-1. The van der Waals surface area contributed by atoms with E-state index in [-0.39, 0.29) is 0 Å². The predicted molar refractivity (Wildman–Crippen MR) is 33.6 cm³/mol. The van der Waals surface area contributed by atoms with Crippen LogP contribution in [-0.2, 0) is 4.74 Å². The Labute approximate surface area is 51.0 Å². The van der Waals surface area contributed by atoms with Gasteiger partial charge in [0.25, 0.3) is 0 Å². The Kier molecular flexibility index (Phi) is 2.34. The van der Waals surface area contributed by atoms with Gasteiger partial charge >= 0.3 is 0 Å². The summed E-state index contributed by atoms with van der Waals surface area (Å²) in [6.07, 6.45) is 5.23. The normalized spacial score (nSPS) is 30.4. The van der Waals surface area contributed by atoms with Crippen molar-refractivity contribution in [2.45, 2.75) is 31.8 Å². The fraction of sp³-hybridized carbons (Fsp3) is 0.857. The zero-order valence-corrected chi connectivity index (χ0v) is 5.23. The molecule has 0 bridgehead atoms. The van der Waals surface area contributed by atoms with Crippen molar-refractivity contribution >= 4 is 0 Å². The zero-order chi connectivity index (χ0) is 5.82. The second kappa shape index (κ2) is 3.08. The first-order valence-corrected chi connectivity index (χ1v) is 3.34. The molecule has 0 amide bonds. The molecule has 1 saturated heterocycles. The first-order valence-electron chi connectivity index (χ1n) is 3.34. The smallest absolute Gasteiger partial charge is 0.0468 e. The highest BCUT2D eigenvalue weighted by Crippen LogP contribution is 2.14. The van der Waals surface area contributed by atoms with E-state index in [2.05, 4.69) is 6.92 Å². The van der Waals surface area contributed by atoms with Crippen molar-refractivity contribution < 1.29 is 4.74 Å². The minimum Gasteiger partial charge on any atom is -0.381 e. The van der Waals surface area contributed by atoms with Crippen LogP contribution in [0.2, 0.25) is 0 Å². The summed E-state index contributed by atoms with van der Waals surface area (Å²) < 4.78 is 5.36. The van der Waals surface area contributed by atoms with Crippen LogP contribution in [0.15, 0.2) is 0 Å². The quantitative estimate of drug-likeness (QED) is 0.471. The molecular formula is C7H13O-. The predicted octanol–water partition coefficient (Wildman–Crippen LogP) is 1.78. The summed E-state index contributed by atoms with van der Waals surface area (Å²) in [6.45, 7) is 4.74. The molecule has 0 N–H and O–H groups in total. The van der Waals surface area contributed by atoms with Crippen LogP contribution in [0.1, 0.15) is 25.7 Å². The van der Waals surface area contributed by atoms with Crippen molar-refractivity contribution in [3.8, 4) is 0 Å². The van der Waals surface area contributed by atoms with Gasteiger partial charge in [0.05, 0.1) is 0 Å². The number of rotatable bonds is 1. The summed E-state index contributed by atoms with van der Waals surface area (Å²) >= 11 is 0. The third kappa shape index (κ3) is 1.48. The van der Waals surface area contributed by atoms with Crippen LogP contribution in [0.3, 0.4) is 0 Å². The Morgan fingerprint density at radius 2 is 2.38 bits per heavy atom. The summed E-state index contributed by atoms with van der Waals surface area (Å²) in [7, 11) is 0. The number of hydrogen-bond acceptors (Lipinski definition) is 1. The average molecular weight is 113 g/mol. The highest BCUT2D eigenvalue weighted by molar-refractivity contribution is 4.63. The van der Waals surface area contributed by atoms with Crippen molar-refractivity contribution in [2.75, 3.05) is 6.61 Å². The molecule has 1 fully saturated rings. The molecule has 0 aromatic heterocycles. The highest BCUT2D eigenvalue weighted by Gasteiger charge is 2.07. The Hall–Kier alpha value is -0.0400. The molecule has 1 heteroatoms. The molecule has 0 radical (unpaired) electrons. The van der Waals surface area contributed by atoms with E-state index in [1.165, 1.54) is 19.3 Å². The monoisotopic (exact) mass is 113 g/mol. The van der Waals surface area contributed by atoms with Gasteiger partial charge in [-0.3, -0.25) is 0 Å². The van der Waals surface area contributed by atoms with Gasteiger partial charge in [-0.25, -0.2) is 0 Å². The van der Waals surface area contributed by atoms with Gasteiger partial charge in [0.15, 0.2) is 0 Å². The van der Waals surface area contributed by atoms with Crippen LogP contribution in [0.4, 0.5) is 0 Å². The van der Waals surface area contributed by atoms with E-state index in [1.54, 1.807) is 0 Å². The van der Waals surface area contributed by atoms with Gasteiger partial charge in [0.2, 0.25) is 0 Å². The molecule has 8 heavy (non-hydrogen) atoms. The fourth-order valence-electron chi connectivity index (χ4n) is 1.04. The van der Waals surface area contributed by atoms with E-state index in [1.807, 2.05) is 0 Å². The summed E-state index contributed by atoms with van der Waals surface area (Å²) in [5.41, 5.74) is 0. The van der Waals surface area contributed by atoms with Crippen molar-refractivity contribution in [2.24, 2.45) is 0 Å². The SMILES string of the molecule is [CH2-]CC1CCCCO1. The van der Waals surface area contributed by atoms with Gasteiger partial charge in [0, 0.05) is 12.7 Å². The molecule has 1 aliphatic heterocycles. The van der Waals surface area contributed by atoms with Crippen LogP contribution in [0, 0.1) is 6.92 Å². The Morgan fingerprint density at radius 1 is 1.50 bits per heavy atom. The Balaban J connectivity index is 2.13. The van der Waals surface area contributed by atoms with Crippen molar-refractivity contribution in [3.63, 3.8) is 0 Å². The lowest BCUT2D eigenvalue weighted by Crippen LogP contribution is -2.17. The number of hydrogen-bond donors (Lipinski definition) is 0. The lowest BCUT2D eigenvalue weighted by Gasteiger charge is -2.23. The van der Waals surface area contributed by atoms with Crippen molar-refractivity contribution in [1.29, 1.82) is 0 Å². The third-order valence-corrected chi connectivity index (χ3v) is 1.60. The van der Waals surface area contributed by atoms with Crippen LogP contribution in [-0.4, -0.2) is 12.7 Å². The van der Waals surface area contributed by atoms with E-state index >= 15 is 0 Å². The van der Waals surface area contributed by atoms with Crippen LogP contribution in [0.5, 0.6) is 0 Å².